The Labute approximate surface area is 107 Å². The average Bonchev–Trinajstić information content (AvgIpc) is 2.42. The molecule has 1 heterocycles. The largest absolute Gasteiger partial charge is 0.398 e. The molecule has 0 amide bonds. The molecular weight excluding hydrogens is 224 g/mol. The van der Waals surface area contributed by atoms with Crippen molar-refractivity contribution in [1.82, 2.24) is 4.98 Å². The molecule has 3 heteroatoms. The maximum absolute atomic E-state index is 9.96. The van der Waals surface area contributed by atoms with Crippen molar-refractivity contribution in [1.29, 1.82) is 0 Å². The number of nitrogens with two attached hydrogens (primary N) is 1. The van der Waals surface area contributed by atoms with Gasteiger partial charge in [-0.2, -0.15) is 0 Å². The third kappa shape index (κ3) is 3.18. The Morgan fingerprint density at radius 2 is 1.89 bits per heavy atom. The smallest absolute Gasteiger partial charge is 0.0825 e. The second-order valence-corrected chi connectivity index (χ2v) is 4.06. The second kappa shape index (κ2) is 5.98. The first kappa shape index (κ1) is 12.3. The van der Waals surface area contributed by atoms with E-state index in [0.717, 1.165) is 16.8 Å². The highest BCUT2D eigenvalue weighted by molar-refractivity contribution is 5.64. The molecule has 1 aromatic carbocycles. The summed E-state index contributed by atoms with van der Waals surface area (Å²) in [7, 11) is 0. The standard InChI is InChI=1S/C15H16N2O/c16-14-6-2-1-4-12(14)5-3-7-15(18)13-8-10-17-11-9-13/h1-6,8-11,15,18H,7,16H2/b5-3+. The van der Waals surface area contributed by atoms with Gasteiger partial charge < -0.3 is 10.8 Å². The molecule has 18 heavy (non-hydrogen) atoms. The summed E-state index contributed by atoms with van der Waals surface area (Å²) in [5.74, 6) is 0. The Hall–Kier alpha value is -2.13. The van der Waals surface area contributed by atoms with E-state index in [2.05, 4.69) is 4.98 Å². The minimum Gasteiger partial charge on any atom is -0.398 e. The molecule has 92 valence electrons. The first-order valence-corrected chi connectivity index (χ1v) is 5.86. The molecule has 0 saturated heterocycles. The van der Waals surface area contributed by atoms with Gasteiger partial charge in [-0.05, 0) is 35.7 Å². The molecule has 0 aliphatic heterocycles. The molecule has 2 rings (SSSR count). The minimum atomic E-state index is -0.505. The highest BCUT2D eigenvalue weighted by Crippen LogP contribution is 2.18. The Kier molecular flexibility index (Phi) is 4.10. The van der Waals surface area contributed by atoms with Gasteiger partial charge >= 0.3 is 0 Å². The Bertz CT molecular complexity index is 523. The van der Waals surface area contributed by atoms with E-state index in [1.54, 1.807) is 12.4 Å². The minimum absolute atomic E-state index is 0.505. The zero-order chi connectivity index (χ0) is 12.8. The van der Waals surface area contributed by atoms with Crippen LogP contribution in [0, 0.1) is 0 Å². The predicted molar refractivity (Wildman–Crippen MR) is 73.7 cm³/mol. The number of rotatable bonds is 4. The van der Waals surface area contributed by atoms with Gasteiger partial charge in [-0.15, -0.1) is 0 Å². The van der Waals surface area contributed by atoms with Crippen LogP contribution < -0.4 is 5.73 Å². The van der Waals surface area contributed by atoms with Crippen LogP contribution in [0.4, 0.5) is 5.69 Å². The summed E-state index contributed by atoms with van der Waals surface area (Å²) >= 11 is 0. The summed E-state index contributed by atoms with van der Waals surface area (Å²) in [4.78, 5) is 3.92. The fraction of sp³-hybridized carbons (Fsp3) is 0.133. The lowest BCUT2D eigenvalue weighted by molar-refractivity contribution is 0.181. The molecule has 3 N–H and O–H groups in total. The Morgan fingerprint density at radius 3 is 2.61 bits per heavy atom. The fourth-order valence-electron chi connectivity index (χ4n) is 1.71. The Balaban J connectivity index is 1.98. The third-order valence-electron chi connectivity index (χ3n) is 2.74. The van der Waals surface area contributed by atoms with Crippen LogP contribution in [0.15, 0.2) is 54.9 Å². The molecule has 0 spiro atoms. The normalized spacial score (nSPS) is 12.7. The van der Waals surface area contributed by atoms with E-state index >= 15 is 0 Å². The van der Waals surface area contributed by atoms with Crippen molar-refractivity contribution in [2.75, 3.05) is 5.73 Å². The maximum atomic E-state index is 9.96. The third-order valence-corrected chi connectivity index (χ3v) is 2.74. The van der Waals surface area contributed by atoms with Crippen LogP contribution in [0.5, 0.6) is 0 Å². The van der Waals surface area contributed by atoms with Crippen LogP contribution in [0.25, 0.3) is 6.08 Å². The molecule has 2 aromatic rings. The number of nitrogens with zero attached hydrogens (tertiary/aromatic N) is 1. The number of nitrogen functional groups attached to an aromatic ring is 1. The van der Waals surface area contributed by atoms with Gasteiger partial charge in [-0.1, -0.05) is 30.4 Å². The zero-order valence-corrected chi connectivity index (χ0v) is 10.0. The van der Waals surface area contributed by atoms with Crippen molar-refractivity contribution in [2.24, 2.45) is 0 Å². The van der Waals surface area contributed by atoms with Crippen LogP contribution in [-0.2, 0) is 0 Å². The molecule has 1 unspecified atom stereocenters. The lowest BCUT2D eigenvalue weighted by Gasteiger charge is -2.07. The molecule has 0 saturated carbocycles. The molecule has 1 atom stereocenters. The summed E-state index contributed by atoms with van der Waals surface area (Å²) in [6.45, 7) is 0. The van der Waals surface area contributed by atoms with E-state index in [4.69, 9.17) is 5.73 Å². The molecule has 0 aliphatic carbocycles. The van der Waals surface area contributed by atoms with E-state index < -0.39 is 6.10 Å². The molecular formula is C15H16N2O. The molecule has 0 bridgehead atoms. The average molecular weight is 240 g/mol. The summed E-state index contributed by atoms with van der Waals surface area (Å²) in [5.41, 5.74) is 8.41. The van der Waals surface area contributed by atoms with Crippen molar-refractivity contribution in [3.05, 3.63) is 66.0 Å². The van der Waals surface area contributed by atoms with E-state index in [9.17, 15) is 5.11 Å². The zero-order valence-electron chi connectivity index (χ0n) is 10.0. The van der Waals surface area contributed by atoms with Gasteiger partial charge in [0.15, 0.2) is 0 Å². The maximum Gasteiger partial charge on any atom is 0.0825 e. The van der Waals surface area contributed by atoms with Gasteiger partial charge in [0.05, 0.1) is 6.10 Å². The fourth-order valence-corrected chi connectivity index (χ4v) is 1.71. The van der Waals surface area contributed by atoms with Gasteiger partial charge in [0.25, 0.3) is 0 Å². The van der Waals surface area contributed by atoms with Crippen LogP contribution in [0.1, 0.15) is 23.7 Å². The number of para-hydroxylation sites is 1. The first-order valence-electron chi connectivity index (χ1n) is 5.86. The van der Waals surface area contributed by atoms with Crippen LogP contribution >= 0.6 is 0 Å². The summed E-state index contributed by atoms with van der Waals surface area (Å²) in [6, 6.07) is 11.3. The topological polar surface area (TPSA) is 59.1 Å². The number of hydrogen-bond donors (Lipinski definition) is 2. The van der Waals surface area contributed by atoms with E-state index in [1.165, 1.54) is 0 Å². The molecule has 0 aliphatic rings. The van der Waals surface area contributed by atoms with Gasteiger partial charge in [0.2, 0.25) is 0 Å². The molecule has 0 fully saturated rings. The van der Waals surface area contributed by atoms with Crippen LogP contribution in [-0.4, -0.2) is 10.1 Å². The van der Waals surface area contributed by atoms with Gasteiger partial charge in [-0.3, -0.25) is 4.98 Å². The summed E-state index contributed by atoms with van der Waals surface area (Å²) in [6.07, 6.45) is 7.26. The van der Waals surface area contributed by atoms with Gasteiger partial charge in [0.1, 0.15) is 0 Å². The number of pyridine rings is 1. The van der Waals surface area contributed by atoms with E-state index in [1.807, 2.05) is 48.6 Å². The molecule has 1 aromatic heterocycles. The van der Waals surface area contributed by atoms with Crippen molar-refractivity contribution in [3.63, 3.8) is 0 Å². The number of hydrogen-bond acceptors (Lipinski definition) is 3. The SMILES string of the molecule is Nc1ccccc1/C=C/CC(O)c1ccncc1. The van der Waals surface area contributed by atoms with Gasteiger partial charge in [-0.25, -0.2) is 0 Å². The number of benzene rings is 1. The van der Waals surface area contributed by atoms with Crippen molar-refractivity contribution >= 4 is 11.8 Å². The lowest BCUT2D eigenvalue weighted by atomic mass is 10.1. The second-order valence-electron chi connectivity index (χ2n) is 4.06. The number of aliphatic hydroxyl groups excluding tert-OH is 1. The quantitative estimate of drug-likeness (QED) is 0.808. The predicted octanol–water partition coefficient (Wildman–Crippen LogP) is 2.80. The van der Waals surface area contributed by atoms with Crippen LogP contribution in [0.2, 0.25) is 0 Å². The Morgan fingerprint density at radius 1 is 1.17 bits per heavy atom. The molecule has 0 radical (unpaired) electrons. The van der Waals surface area contributed by atoms with Gasteiger partial charge in [0, 0.05) is 18.1 Å². The van der Waals surface area contributed by atoms with E-state index in [0.29, 0.717) is 6.42 Å². The number of anilines is 1. The lowest BCUT2D eigenvalue weighted by Crippen LogP contribution is -1.95. The monoisotopic (exact) mass is 240 g/mol. The van der Waals surface area contributed by atoms with E-state index in [-0.39, 0.29) is 0 Å². The van der Waals surface area contributed by atoms with Crippen LogP contribution in [0.3, 0.4) is 0 Å². The molecule has 3 nitrogen and oxygen atoms in total. The highest BCUT2D eigenvalue weighted by Gasteiger charge is 2.03. The number of aromatic nitrogens is 1. The first-order chi connectivity index (χ1) is 8.77. The highest BCUT2D eigenvalue weighted by atomic mass is 16.3. The summed E-state index contributed by atoms with van der Waals surface area (Å²) in [5, 5.41) is 9.96. The summed E-state index contributed by atoms with van der Waals surface area (Å²) < 4.78 is 0. The van der Waals surface area contributed by atoms with Crippen molar-refractivity contribution in [3.8, 4) is 0 Å². The van der Waals surface area contributed by atoms with Crippen molar-refractivity contribution < 1.29 is 5.11 Å². The van der Waals surface area contributed by atoms with Crippen molar-refractivity contribution in [2.45, 2.75) is 12.5 Å². The number of aliphatic hydroxyl groups is 1.